The monoisotopic (exact) mass is 338 g/mol. The molecule has 0 atom stereocenters. The van der Waals surface area contributed by atoms with E-state index in [1.165, 1.54) is 25.3 Å². The summed E-state index contributed by atoms with van der Waals surface area (Å²) in [5.41, 5.74) is 0.349. The van der Waals surface area contributed by atoms with Gasteiger partial charge in [-0.15, -0.1) is 0 Å². The number of benzene rings is 3. The van der Waals surface area contributed by atoms with Crippen molar-refractivity contribution in [3.8, 4) is 11.5 Å². The predicted molar refractivity (Wildman–Crippen MR) is 90.5 cm³/mol. The summed E-state index contributed by atoms with van der Waals surface area (Å²) in [5.74, 6) is -0.788. The van der Waals surface area contributed by atoms with E-state index in [1.807, 2.05) is 6.07 Å². The molecule has 0 saturated carbocycles. The van der Waals surface area contributed by atoms with Gasteiger partial charge in [-0.3, -0.25) is 9.59 Å². The van der Waals surface area contributed by atoms with Gasteiger partial charge in [-0.05, 0) is 6.07 Å². The van der Waals surface area contributed by atoms with Gasteiger partial charge >= 0.3 is 0 Å². The molecular weight excluding hydrogens is 328 g/mol. The molecule has 4 rings (SSSR count). The quantitative estimate of drug-likeness (QED) is 0.570. The van der Waals surface area contributed by atoms with Gasteiger partial charge in [0.05, 0.1) is 28.8 Å². The number of ether oxygens (including phenoxy) is 1. The van der Waals surface area contributed by atoms with Gasteiger partial charge < -0.3 is 9.84 Å². The molecule has 5 heteroatoms. The summed E-state index contributed by atoms with van der Waals surface area (Å²) in [6.07, 6.45) is 0. The van der Waals surface area contributed by atoms with Crippen LogP contribution in [0.2, 0.25) is 5.02 Å². The smallest absolute Gasteiger partial charge is 0.199 e. The van der Waals surface area contributed by atoms with E-state index in [0.717, 1.165) is 0 Å². The van der Waals surface area contributed by atoms with E-state index in [0.29, 0.717) is 16.5 Å². The predicted octanol–water partition coefficient (Wildman–Crippen LogP) is 3.98. The molecule has 24 heavy (non-hydrogen) atoms. The van der Waals surface area contributed by atoms with Gasteiger partial charge in [0.1, 0.15) is 11.5 Å². The van der Waals surface area contributed by atoms with Gasteiger partial charge in [-0.1, -0.05) is 48.0 Å². The van der Waals surface area contributed by atoms with E-state index in [-0.39, 0.29) is 38.8 Å². The number of hydrogen-bond acceptors (Lipinski definition) is 4. The van der Waals surface area contributed by atoms with Crippen LogP contribution in [-0.2, 0) is 0 Å². The molecule has 0 radical (unpaired) electrons. The third-order valence-corrected chi connectivity index (χ3v) is 4.67. The maximum Gasteiger partial charge on any atom is 0.199 e. The van der Waals surface area contributed by atoms with E-state index in [4.69, 9.17) is 16.3 Å². The highest BCUT2D eigenvalue weighted by Gasteiger charge is 2.37. The Hall–Kier alpha value is -2.85. The van der Waals surface area contributed by atoms with Crippen molar-refractivity contribution in [3.63, 3.8) is 0 Å². The normalized spacial score (nSPS) is 12.9. The zero-order valence-electron chi connectivity index (χ0n) is 12.6. The minimum absolute atomic E-state index is 0.0192. The molecule has 3 aromatic rings. The molecule has 1 aliphatic carbocycles. The van der Waals surface area contributed by atoms with Crippen molar-refractivity contribution < 1.29 is 19.4 Å². The van der Waals surface area contributed by atoms with E-state index < -0.39 is 5.78 Å². The van der Waals surface area contributed by atoms with Crippen molar-refractivity contribution in [2.45, 2.75) is 0 Å². The molecule has 4 nitrogen and oxygen atoms in total. The number of carbonyl (C=O) groups is 2. The maximum absolute atomic E-state index is 13.0. The van der Waals surface area contributed by atoms with Crippen LogP contribution in [0.4, 0.5) is 0 Å². The average molecular weight is 339 g/mol. The van der Waals surface area contributed by atoms with Crippen LogP contribution in [0.15, 0.2) is 42.5 Å². The summed E-state index contributed by atoms with van der Waals surface area (Å²) in [4.78, 5) is 25.9. The number of phenolic OH excluding ortho intramolecular Hbond substituents is 1. The minimum atomic E-state index is -0.480. The number of ketones is 2. The van der Waals surface area contributed by atoms with Crippen molar-refractivity contribution >= 4 is 33.9 Å². The van der Waals surface area contributed by atoms with Gasteiger partial charge in [-0.25, -0.2) is 0 Å². The lowest BCUT2D eigenvalue weighted by Crippen LogP contribution is -2.22. The number of aromatic hydroxyl groups is 1. The van der Waals surface area contributed by atoms with Gasteiger partial charge in [0, 0.05) is 16.3 Å². The molecule has 118 valence electrons. The third-order valence-electron chi connectivity index (χ3n) is 4.28. The van der Waals surface area contributed by atoms with Gasteiger partial charge in [0.25, 0.3) is 0 Å². The van der Waals surface area contributed by atoms with Crippen molar-refractivity contribution in [2.24, 2.45) is 0 Å². The lowest BCUT2D eigenvalue weighted by atomic mass is 9.81. The Balaban J connectivity index is 2.20. The Labute approximate surface area is 142 Å². The van der Waals surface area contributed by atoms with E-state index in [2.05, 4.69) is 0 Å². The standard InChI is InChI=1S/C19H11ClO4/c1-24-19-10-6-3-2-5-9(10)16(20)14-15(19)17(22)11-7-4-8-12(21)13(11)18(14)23/h2-8,21H,1H3. The molecule has 0 amide bonds. The molecule has 0 unspecified atom stereocenters. The number of hydrogen-bond donors (Lipinski definition) is 1. The zero-order valence-corrected chi connectivity index (χ0v) is 13.3. The molecule has 3 aromatic carbocycles. The topological polar surface area (TPSA) is 63.6 Å². The van der Waals surface area contributed by atoms with Gasteiger partial charge in [0.15, 0.2) is 11.6 Å². The number of rotatable bonds is 1. The summed E-state index contributed by atoms with van der Waals surface area (Å²) in [7, 11) is 1.45. The second-order valence-electron chi connectivity index (χ2n) is 5.50. The number of halogens is 1. The summed E-state index contributed by atoms with van der Waals surface area (Å²) in [5, 5.41) is 11.5. The summed E-state index contributed by atoms with van der Waals surface area (Å²) in [6.45, 7) is 0. The number of methoxy groups -OCH3 is 1. The Morgan fingerprint density at radius 1 is 0.875 bits per heavy atom. The minimum Gasteiger partial charge on any atom is -0.507 e. The third kappa shape index (κ3) is 1.74. The Morgan fingerprint density at radius 2 is 1.58 bits per heavy atom. The Kier molecular flexibility index (Phi) is 3.11. The Morgan fingerprint density at radius 3 is 2.29 bits per heavy atom. The first kappa shape index (κ1) is 14.7. The first-order valence-corrected chi connectivity index (χ1v) is 7.63. The van der Waals surface area contributed by atoms with Crippen molar-refractivity contribution in [3.05, 3.63) is 69.7 Å². The highest BCUT2D eigenvalue weighted by atomic mass is 35.5. The second kappa shape index (κ2) is 5.08. The zero-order chi connectivity index (χ0) is 17.0. The second-order valence-corrected chi connectivity index (χ2v) is 5.88. The van der Waals surface area contributed by atoms with Crippen LogP contribution in [0.25, 0.3) is 10.8 Å². The van der Waals surface area contributed by atoms with Crippen molar-refractivity contribution in [1.29, 1.82) is 0 Å². The van der Waals surface area contributed by atoms with Crippen LogP contribution in [0, 0.1) is 0 Å². The van der Waals surface area contributed by atoms with E-state index in [1.54, 1.807) is 18.2 Å². The lowest BCUT2D eigenvalue weighted by Gasteiger charge is -2.23. The maximum atomic E-state index is 13.0. The van der Waals surface area contributed by atoms with Crippen molar-refractivity contribution in [1.82, 2.24) is 0 Å². The molecule has 0 aromatic heterocycles. The largest absolute Gasteiger partial charge is 0.507 e. The van der Waals surface area contributed by atoms with Crippen LogP contribution in [0.5, 0.6) is 11.5 Å². The molecule has 1 N–H and O–H groups in total. The van der Waals surface area contributed by atoms with Crippen LogP contribution in [-0.4, -0.2) is 23.8 Å². The summed E-state index contributed by atoms with van der Waals surface area (Å²) < 4.78 is 5.45. The van der Waals surface area contributed by atoms with Gasteiger partial charge in [-0.2, -0.15) is 0 Å². The van der Waals surface area contributed by atoms with E-state index >= 15 is 0 Å². The van der Waals surface area contributed by atoms with Crippen LogP contribution in [0.1, 0.15) is 31.8 Å². The van der Waals surface area contributed by atoms with Crippen LogP contribution in [0.3, 0.4) is 0 Å². The number of fused-ring (bicyclic) bond motifs is 3. The molecule has 1 aliphatic rings. The molecule has 0 heterocycles. The fourth-order valence-corrected chi connectivity index (χ4v) is 3.58. The highest BCUT2D eigenvalue weighted by molar-refractivity contribution is 6.44. The van der Waals surface area contributed by atoms with E-state index in [9.17, 15) is 14.7 Å². The molecule has 0 spiro atoms. The molecule has 0 bridgehead atoms. The van der Waals surface area contributed by atoms with Crippen LogP contribution >= 0.6 is 11.6 Å². The molecular formula is C19H11ClO4. The highest BCUT2D eigenvalue weighted by Crippen LogP contribution is 2.44. The average Bonchev–Trinajstić information content (AvgIpc) is 2.59. The van der Waals surface area contributed by atoms with Crippen molar-refractivity contribution in [2.75, 3.05) is 7.11 Å². The molecule has 0 saturated heterocycles. The van der Waals surface area contributed by atoms with Gasteiger partial charge in [0.2, 0.25) is 0 Å². The molecule has 0 fully saturated rings. The fourth-order valence-electron chi connectivity index (χ4n) is 3.23. The SMILES string of the molecule is COc1c2c(c(Cl)c3ccccc13)C(=O)c1c(O)cccc1C2=O. The lowest BCUT2D eigenvalue weighted by molar-refractivity contribution is 0.0974. The molecule has 0 aliphatic heterocycles. The number of phenols is 1. The number of carbonyl (C=O) groups excluding carboxylic acids is 2. The Bertz CT molecular complexity index is 1050. The first-order chi connectivity index (χ1) is 11.6. The first-order valence-electron chi connectivity index (χ1n) is 7.25. The summed E-state index contributed by atoms with van der Waals surface area (Å²) >= 11 is 6.46. The summed E-state index contributed by atoms with van der Waals surface area (Å²) in [6, 6.07) is 11.6. The fraction of sp³-hybridized carbons (Fsp3) is 0.0526. The van der Waals surface area contributed by atoms with Crippen LogP contribution < -0.4 is 4.74 Å².